The molecule has 0 N–H and O–H groups in total. The van der Waals surface area contributed by atoms with Gasteiger partial charge in [0.15, 0.2) is 0 Å². The van der Waals surface area contributed by atoms with Crippen molar-refractivity contribution in [3.8, 4) is 0 Å². The highest BCUT2D eigenvalue weighted by Gasteiger charge is 2.53. The number of rotatable bonds is 2. The summed E-state index contributed by atoms with van der Waals surface area (Å²) in [6.07, 6.45) is 2.01. The van der Waals surface area contributed by atoms with Crippen LogP contribution in [0, 0.1) is 5.41 Å². The van der Waals surface area contributed by atoms with E-state index in [4.69, 9.17) is 4.74 Å². The van der Waals surface area contributed by atoms with Gasteiger partial charge in [-0.25, -0.2) is 4.79 Å². The second-order valence-electron chi connectivity index (χ2n) is 3.85. The first-order valence-electron chi connectivity index (χ1n) is 4.80. The zero-order valence-corrected chi connectivity index (χ0v) is 8.75. The average Bonchev–Trinajstić information content (AvgIpc) is 2.85. The highest BCUT2D eigenvalue weighted by Crippen LogP contribution is 2.51. The zero-order valence-electron chi connectivity index (χ0n) is 8.75. The maximum absolute atomic E-state index is 11.7. The maximum Gasteiger partial charge on any atom is 0.342 e. The van der Waals surface area contributed by atoms with Gasteiger partial charge in [-0.05, 0) is 24.8 Å². The molecule has 0 amide bonds. The van der Waals surface area contributed by atoms with Gasteiger partial charge in [-0.1, -0.05) is 0 Å². The first-order valence-corrected chi connectivity index (χ1v) is 4.80. The predicted molar refractivity (Wildman–Crippen MR) is 50.9 cm³/mol. The fourth-order valence-corrected chi connectivity index (χ4v) is 2.34. The van der Waals surface area contributed by atoms with Crippen molar-refractivity contribution in [1.29, 1.82) is 0 Å². The summed E-state index contributed by atoms with van der Waals surface area (Å²) in [6.45, 7) is 0. The molecule has 1 fully saturated rings. The minimum atomic E-state index is -0.808. The van der Waals surface area contributed by atoms with Crippen LogP contribution < -0.4 is 0 Å². The Morgan fingerprint density at radius 2 is 2.07 bits per heavy atom. The first-order chi connectivity index (χ1) is 7.14. The monoisotopic (exact) mass is 208 g/mol. The molecule has 4 nitrogen and oxygen atoms in total. The molecule has 0 aromatic carbocycles. The molecular formula is C11H12O4. The van der Waals surface area contributed by atoms with Crippen molar-refractivity contribution in [1.82, 2.24) is 0 Å². The Kier molecular flexibility index (Phi) is 2.16. The minimum absolute atomic E-state index is 0.332. The summed E-state index contributed by atoms with van der Waals surface area (Å²) >= 11 is 0. The van der Waals surface area contributed by atoms with Gasteiger partial charge in [0, 0.05) is 0 Å². The number of ether oxygens (including phenoxy) is 2. The van der Waals surface area contributed by atoms with E-state index < -0.39 is 11.4 Å². The second kappa shape index (κ2) is 3.24. The van der Waals surface area contributed by atoms with Gasteiger partial charge in [0.25, 0.3) is 0 Å². The molecule has 2 aliphatic carbocycles. The molecule has 0 saturated heterocycles. The van der Waals surface area contributed by atoms with Gasteiger partial charge < -0.3 is 9.47 Å². The van der Waals surface area contributed by atoms with E-state index in [0.29, 0.717) is 18.4 Å². The lowest BCUT2D eigenvalue weighted by molar-refractivity contribution is -0.153. The lowest BCUT2D eigenvalue weighted by Crippen LogP contribution is -2.34. The third-order valence-corrected chi connectivity index (χ3v) is 3.11. The summed E-state index contributed by atoms with van der Waals surface area (Å²) in [4.78, 5) is 23.2. The molecule has 0 aliphatic heterocycles. The van der Waals surface area contributed by atoms with Crippen LogP contribution in [0.4, 0.5) is 0 Å². The molecule has 0 spiro atoms. The zero-order chi connectivity index (χ0) is 11.1. The van der Waals surface area contributed by atoms with E-state index >= 15 is 0 Å². The molecule has 2 bridgehead atoms. The molecule has 1 saturated carbocycles. The summed E-state index contributed by atoms with van der Waals surface area (Å²) < 4.78 is 9.41. The predicted octanol–water partition coefficient (Wildman–Crippen LogP) is 0.968. The molecule has 2 aliphatic rings. The Labute approximate surface area is 87.5 Å². The Morgan fingerprint density at radius 3 is 2.60 bits per heavy atom. The van der Waals surface area contributed by atoms with Crippen molar-refractivity contribution in [2.45, 2.75) is 19.3 Å². The number of carbonyl (C=O) groups is 2. The van der Waals surface area contributed by atoms with Crippen LogP contribution in [0.15, 0.2) is 16.9 Å². The molecule has 15 heavy (non-hydrogen) atoms. The largest absolute Gasteiger partial charge is 0.468 e. The van der Waals surface area contributed by atoms with Crippen LogP contribution in [0.2, 0.25) is 0 Å². The van der Waals surface area contributed by atoms with E-state index in [-0.39, 0.29) is 5.97 Å². The van der Waals surface area contributed by atoms with Crippen molar-refractivity contribution in [3.63, 3.8) is 0 Å². The summed E-state index contributed by atoms with van der Waals surface area (Å²) in [7, 11) is 2.64. The smallest absolute Gasteiger partial charge is 0.342 e. The average molecular weight is 208 g/mol. The van der Waals surface area contributed by atoms with E-state index in [1.807, 2.05) is 0 Å². The van der Waals surface area contributed by atoms with Crippen molar-refractivity contribution in [2.75, 3.05) is 14.2 Å². The van der Waals surface area contributed by atoms with Crippen LogP contribution in [-0.4, -0.2) is 26.2 Å². The minimum Gasteiger partial charge on any atom is -0.468 e. The van der Waals surface area contributed by atoms with Crippen molar-refractivity contribution >= 4 is 11.9 Å². The molecule has 1 unspecified atom stereocenters. The highest BCUT2D eigenvalue weighted by atomic mass is 16.5. The van der Waals surface area contributed by atoms with Crippen molar-refractivity contribution in [2.24, 2.45) is 5.41 Å². The summed E-state index contributed by atoms with van der Waals surface area (Å²) in [5.74, 6) is -0.835. The lowest BCUT2D eigenvalue weighted by atomic mass is 9.80. The number of hydrogen-bond donors (Lipinski definition) is 0. The molecule has 0 radical (unpaired) electrons. The van der Waals surface area contributed by atoms with Gasteiger partial charge >= 0.3 is 11.9 Å². The van der Waals surface area contributed by atoms with Gasteiger partial charge in [-0.3, -0.25) is 4.79 Å². The SMILES string of the molecule is COC(=O)C1=C=C2CCC1(C(=O)OC)C2. The van der Waals surface area contributed by atoms with Gasteiger partial charge in [-0.15, -0.1) is 5.73 Å². The molecule has 0 aromatic rings. The summed E-state index contributed by atoms with van der Waals surface area (Å²) in [5.41, 5.74) is 3.49. The van der Waals surface area contributed by atoms with Crippen LogP contribution in [0.25, 0.3) is 0 Å². The molecule has 1 atom stereocenters. The van der Waals surface area contributed by atoms with E-state index in [1.54, 1.807) is 0 Å². The highest BCUT2D eigenvalue weighted by molar-refractivity contribution is 5.99. The topological polar surface area (TPSA) is 52.6 Å². The van der Waals surface area contributed by atoms with Crippen LogP contribution >= 0.6 is 0 Å². The Hall–Kier alpha value is -1.54. The summed E-state index contributed by atoms with van der Waals surface area (Å²) in [5, 5.41) is 0. The quantitative estimate of drug-likeness (QED) is 0.501. The third kappa shape index (κ3) is 1.22. The fraction of sp³-hybridized carbons (Fsp3) is 0.545. The van der Waals surface area contributed by atoms with E-state index in [0.717, 1.165) is 12.0 Å². The molecule has 0 aromatic heterocycles. The second-order valence-corrected chi connectivity index (χ2v) is 3.85. The molecule has 80 valence electrons. The van der Waals surface area contributed by atoms with Gasteiger partial charge in [-0.2, -0.15) is 0 Å². The number of carbonyl (C=O) groups excluding carboxylic acids is 2. The fourth-order valence-electron chi connectivity index (χ4n) is 2.34. The third-order valence-electron chi connectivity index (χ3n) is 3.11. The van der Waals surface area contributed by atoms with Gasteiger partial charge in [0.1, 0.15) is 5.41 Å². The normalized spacial score (nSPS) is 27.1. The molecular weight excluding hydrogens is 196 g/mol. The van der Waals surface area contributed by atoms with Crippen molar-refractivity contribution < 1.29 is 19.1 Å². The standard InChI is InChI=1S/C11H12O4/c1-14-9(12)8-5-7-3-4-11(8,6-7)10(13)15-2/h3-4,6H2,1-2H3. The van der Waals surface area contributed by atoms with Crippen molar-refractivity contribution in [3.05, 3.63) is 16.9 Å². The molecule has 2 rings (SSSR count). The van der Waals surface area contributed by atoms with E-state index in [1.165, 1.54) is 14.2 Å². The number of esters is 2. The molecule has 4 heteroatoms. The van der Waals surface area contributed by atoms with Gasteiger partial charge in [0.2, 0.25) is 0 Å². The van der Waals surface area contributed by atoms with E-state index in [9.17, 15) is 9.59 Å². The van der Waals surface area contributed by atoms with Crippen LogP contribution in [0.5, 0.6) is 0 Å². The number of hydrogen-bond acceptors (Lipinski definition) is 4. The number of fused-ring (bicyclic) bond motifs is 2. The Morgan fingerprint density at radius 1 is 1.33 bits per heavy atom. The Balaban J connectivity index is 2.41. The van der Waals surface area contributed by atoms with Crippen LogP contribution in [0.3, 0.4) is 0 Å². The molecule has 0 heterocycles. The Bertz CT molecular complexity index is 401. The maximum atomic E-state index is 11.7. The number of methoxy groups -OCH3 is 2. The van der Waals surface area contributed by atoms with Gasteiger partial charge in [0.05, 0.1) is 19.8 Å². The first kappa shape index (κ1) is 9.99. The lowest BCUT2D eigenvalue weighted by Gasteiger charge is -2.23. The van der Waals surface area contributed by atoms with Crippen LogP contribution in [0.1, 0.15) is 19.3 Å². The van der Waals surface area contributed by atoms with E-state index in [2.05, 4.69) is 10.5 Å². The summed E-state index contributed by atoms with van der Waals surface area (Å²) in [6, 6.07) is 0. The van der Waals surface area contributed by atoms with Crippen LogP contribution in [-0.2, 0) is 19.1 Å².